The number of hydrogen-bond donors (Lipinski definition) is 3. The summed E-state index contributed by atoms with van der Waals surface area (Å²) < 4.78 is 28.1. The van der Waals surface area contributed by atoms with E-state index in [1.54, 1.807) is 73.7 Å². The van der Waals surface area contributed by atoms with E-state index in [1.807, 2.05) is 12.1 Å². The molecular formula is C31H31N3O4S. The van der Waals surface area contributed by atoms with E-state index in [1.165, 1.54) is 18.2 Å². The second-order valence-corrected chi connectivity index (χ2v) is 11.9. The minimum atomic E-state index is -3.81. The fraction of sp³-hybridized carbons (Fsp3) is 0.161. The van der Waals surface area contributed by atoms with Gasteiger partial charge in [0.15, 0.2) is 0 Å². The number of hydrogen-bond acceptors (Lipinski definition) is 4. The highest BCUT2D eigenvalue weighted by Crippen LogP contribution is 2.24. The van der Waals surface area contributed by atoms with Crippen LogP contribution in [0.15, 0.2) is 102 Å². The lowest BCUT2D eigenvalue weighted by atomic mass is 9.87. The minimum Gasteiger partial charge on any atom is -0.322 e. The minimum absolute atomic E-state index is 0.00796. The molecule has 4 aromatic carbocycles. The van der Waals surface area contributed by atoms with Crippen molar-refractivity contribution < 1.29 is 18.0 Å². The fourth-order valence-corrected chi connectivity index (χ4v) is 5.02. The number of carbonyl (C=O) groups is 2. The predicted octanol–water partition coefficient (Wildman–Crippen LogP) is 6.60. The third-order valence-corrected chi connectivity index (χ3v) is 7.57. The normalized spacial score (nSPS) is 11.5. The van der Waals surface area contributed by atoms with Crippen molar-refractivity contribution in [1.82, 2.24) is 0 Å². The summed E-state index contributed by atoms with van der Waals surface area (Å²) in [5, 5.41) is 5.67. The van der Waals surface area contributed by atoms with Gasteiger partial charge in [-0.25, -0.2) is 8.42 Å². The summed E-state index contributed by atoms with van der Waals surface area (Å²) in [6, 6.07) is 27.1. The second-order valence-electron chi connectivity index (χ2n) is 10.3. The first-order chi connectivity index (χ1) is 18.4. The Morgan fingerprint density at radius 3 is 1.82 bits per heavy atom. The standard InChI is InChI=1S/C31H31N3O4S/c1-21-13-14-23(19-28(21)34-39(37,38)27-11-6-5-7-12-27)30(36)33-26-10-8-9-25(20-26)32-29(35)22-15-17-24(18-16-22)31(2,3)4/h5-20,34H,1-4H3,(H,32,35)(H,33,36). The molecule has 0 atom stereocenters. The maximum absolute atomic E-state index is 13.0. The summed E-state index contributed by atoms with van der Waals surface area (Å²) in [5.74, 6) is -0.677. The number of sulfonamides is 1. The third-order valence-electron chi connectivity index (χ3n) is 6.19. The van der Waals surface area contributed by atoms with Gasteiger partial charge in [0.1, 0.15) is 0 Å². The van der Waals surface area contributed by atoms with Crippen LogP contribution in [0.2, 0.25) is 0 Å². The van der Waals surface area contributed by atoms with Gasteiger partial charge in [-0.05, 0) is 78.1 Å². The van der Waals surface area contributed by atoms with E-state index in [2.05, 4.69) is 36.1 Å². The molecule has 0 unspecified atom stereocenters. The Hall–Kier alpha value is -4.43. The molecule has 0 aliphatic heterocycles. The Balaban J connectivity index is 1.46. The summed E-state index contributed by atoms with van der Waals surface area (Å²) in [7, 11) is -3.81. The summed E-state index contributed by atoms with van der Waals surface area (Å²) in [6.45, 7) is 8.10. The van der Waals surface area contributed by atoms with Crippen LogP contribution in [0.3, 0.4) is 0 Å². The Morgan fingerprint density at radius 2 is 1.23 bits per heavy atom. The summed E-state index contributed by atoms with van der Waals surface area (Å²) in [6.07, 6.45) is 0. The lowest BCUT2D eigenvalue weighted by molar-refractivity contribution is 0.101. The van der Waals surface area contributed by atoms with Gasteiger partial charge >= 0.3 is 0 Å². The van der Waals surface area contributed by atoms with E-state index in [0.29, 0.717) is 28.2 Å². The fourth-order valence-electron chi connectivity index (χ4n) is 3.88. The number of nitrogens with one attached hydrogen (secondary N) is 3. The number of rotatable bonds is 7. The molecule has 0 aromatic heterocycles. The monoisotopic (exact) mass is 541 g/mol. The first-order valence-corrected chi connectivity index (χ1v) is 13.9. The lowest BCUT2D eigenvalue weighted by Gasteiger charge is -2.19. The van der Waals surface area contributed by atoms with Gasteiger partial charge in [0, 0.05) is 22.5 Å². The van der Waals surface area contributed by atoms with Crippen LogP contribution in [-0.4, -0.2) is 20.2 Å². The summed E-state index contributed by atoms with van der Waals surface area (Å²) in [4.78, 5) is 25.9. The van der Waals surface area contributed by atoms with Crippen molar-refractivity contribution in [1.29, 1.82) is 0 Å². The topological polar surface area (TPSA) is 104 Å². The van der Waals surface area contributed by atoms with Crippen LogP contribution in [0, 0.1) is 6.92 Å². The van der Waals surface area contributed by atoms with Gasteiger partial charge in [-0.2, -0.15) is 0 Å². The van der Waals surface area contributed by atoms with Crippen LogP contribution < -0.4 is 15.4 Å². The largest absolute Gasteiger partial charge is 0.322 e. The van der Waals surface area contributed by atoms with E-state index >= 15 is 0 Å². The molecule has 8 heteroatoms. The van der Waals surface area contributed by atoms with Gasteiger partial charge in [0.25, 0.3) is 21.8 Å². The van der Waals surface area contributed by atoms with Crippen molar-refractivity contribution in [2.75, 3.05) is 15.4 Å². The SMILES string of the molecule is Cc1ccc(C(=O)Nc2cccc(NC(=O)c3ccc(C(C)(C)C)cc3)c2)cc1NS(=O)(=O)c1ccccc1. The van der Waals surface area contributed by atoms with Gasteiger partial charge in [-0.1, -0.05) is 63.2 Å². The van der Waals surface area contributed by atoms with E-state index in [0.717, 1.165) is 5.56 Å². The van der Waals surface area contributed by atoms with Gasteiger partial charge < -0.3 is 10.6 Å². The van der Waals surface area contributed by atoms with Crippen LogP contribution in [0.1, 0.15) is 52.6 Å². The predicted molar refractivity (Wildman–Crippen MR) is 156 cm³/mol. The van der Waals surface area contributed by atoms with Crippen molar-refractivity contribution in [2.45, 2.75) is 38.0 Å². The molecule has 4 rings (SSSR count). The Bertz CT molecular complexity index is 1610. The highest BCUT2D eigenvalue weighted by atomic mass is 32.2. The molecule has 7 nitrogen and oxygen atoms in total. The van der Waals surface area contributed by atoms with Crippen molar-refractivity contribution in [3.8, 4) is 0 Å². The molecule has 39 heavy (non-hydrogen) atoms. The average molecular weight is 542 g/mol. The molecule has 2 amide bonds. The Morgan fingerprint density at radius 1 is 0.667 bits per heavy atom. The number of amides is 2. The molecule has 0 aliphatic carbocycles. The van der Waals surface area contributed by atoms with Gasteiger partial charge in [0.05, 0.1) is 10.6 Å². The molecule has 0 spiro atoms. The summed E-state index contributed by atoms with van der Waals surface area (Å²) >= 11 is 0. The van der Waals surface area contributed by atoms with Crippen LogP contribution in [0.5, 0.6) is 0 Å². The molecule has 0 aliphatic rings. The van der Waals surface area contributed by atoms with E-state index in [9.17, 15) is 18.0 Å². The first-order valence-electron chi connectivity index (χ1n) is 12.4. The molecule has 0 saturated heterocycles. The quantitative estimate of drug-likeness (QED) is 0.245. The maximum atomic E-state index is 13.0. The van der Waals surface area contributed by atoms with Gasteiger partial charge in [-0.15, -0.1) is 0 Å². The van der Waals surface area contributed by atoms with Crippen molar-refractivity contribution in [3.63, 3.8) is 0 Å². The molecular weight excluding hydrogens is 510 g/mol. The Kier molecular flexibility index (Phi) is 7.88. The van der Waals surface area contributed by atoms with Crippen LogP contribution in [0.4, 0.5) is 17.1 Å². The lowest BCUT2D eigenvalue weighted by Crippen LogP contribution is -2.16. The van der Waals surface area contributed by atoms with E-state index in [4.69, 9.17) is 0 Å². The molecule has 0 saturated carbocycles. The smallest absolute Gasteiger partial charge is 0.261 e. The highest BCUT2D eigenvalue weighted by molar-refractivity contribution is 7.92. The number of anilines is 3. The second kappa shape index (κ2) is 11.1. The maximum Gasteiger partial charge on any atom is 0.261 e. The summed E-state index contributed by atoms with van der Waals surface area (Å²) in [5.41, 5.74) is 3.92. The number of carbonyl (C=O) groups excluding carboxylic acids is 2. The highest BCUT2D eigenvalue weighted by Gasteiger charge is 2.17. The van der Waals surface area contributed by atoms with Crippen LogP contribution in [0.25, 0.3) is 0 Å². The van der Waals surface area contributed by atoms with Crippen LogP contribution >= 0.6 is 0 Å². The number of benzene rings is 4. The van der Waals surface area contributed by atoms with E-state index in [-0.39, 0.29) is 21.8 Å². The van der Waals surface area contributed by atoms with Crippen molar-refractivity contribution in [2.24, 2.45) is 0 Å². The van der Waals surface area contributed by atoms with Crippen molar-refractivity contribution >= 4 is 38.9 Å². The molecule has 0 heterocycles. The van der Waals surface area contributed by atoms with Crippen molar-refractivity contribution in [3.05, 3.63) is 119 Å². The molecule has 4 aromatic rings. The van der Waals surface area contributed by atoms with E-state index < -0.39 is 15.9 Å². The molecule has 0 bridgehead atoms. The zero-order valence-electron chi connectivity index (χ0n) is 22.3. The van der Waals surface area contributed by atoms with Crippen LogP contribution in [-0.2, 0) is 15.4 Å². The molecule has 200 valence electrons. The first kappa shape index (κ1) is 27.6. The molecule has 3 N–H and O–H groups in total. The third kappa shape index (κ3) is 6.91. The average Bonchev–Trinajstić information content (AvgIpc) is 2.90. The van der Waals surface area contributed by atoms with Gasteiger partial charge in [0.2, 0.25) is 0 Å². The van der Waals surface area contributed by atoms with Gasteiger partial charge in [-0.3, -0.25) is 14.3 Å². The zero-order chi connectivity index (χ0) is 28.2. The zero-order valence-corrected chi connectivity index (χ0v) is 23.1. The molecule has 0 radical (unpaired) electrons. The number of aryl methyl sites for hydroxylation is 1. The molecule has 0 fully saturated rings. The Labute approximate surface area is 229 Å².